The van der Waals surface area contributed by atoms with E-state index in [4.69, 9.17) is 19.9 Å². The monoisotopic (exact) mass is 1460 g/mol. The Morgan fingerprint density at radius 2 is 1.17 bits per heavy atom. The maximum atomic E-state index is 15.6. The maximum Gasteiger partial charge on any atom is 0.407 e. The van der Waals surface area contributed by atoms with Crippen molar-refractivity contribution in [2.24, 2.45) is 11.1 Å². The summed E-state index contributed by atoms with van der Waals surface area (Å²) in [7, 11) is -1.42. The third-order valence-electron chi connectivity index (χ3n) is 16.4. The van der Waals surface area contributed by atoms with Crippen LogP contribution in [0.1, 0.15) is 121 Å². The highest BCUT2D eigenvalue weighted by molar-refractivity contribution is 6.76. The number of nitrogens with zero attached hydrogens (tertiary/aromatic N) is 2. The Balaban J connectivity index is 1.39. The van der Waals surface area contributed by atoms with E-state index in [9.17, 15) is 67.0 Å². The molecule has 11 N–H and O–H groups in total. The van der Waals surface area contributed by atoms with Crippen molar-refractivity contribution < 1.29 is 85.6 Å². The number of aliphatic hydroxyl groups is 1. The van der Waals surface area contributed by atoms with Crippen LogP contribution >= 0.6 is 0 Å². The molecule has 0 radical (unpaired) electrons. The van der Waals surface area contributed by atoms with Gasteiger partial charge < -0.3 is 77.1 Å². The standard InChI is InChI=1S/C74H99F2N11O16Si/c1-47(81-70(97)57(82-49(3)89)27-19-20-34-79-73(100)101-37-38-104(7,8)9)67(94)80-48(2)68(95)85-60(41-62(77)90)71(98)84-58(69(96)78-35-32-63(91)83-59(72(99)103-46-52-25-17-12-18-26-52)30-31-65(93)102-45-51-23-15-11-16-24-51)33-36-87(64(92)44-88)66(74(4,5)6)61-39-53(55-40-54(75)28-29-56(55)76)43-86(61)42-50-21-13-10-14-22-50/h10-18,21-26,28-29,39-40,43,47-48,57-60,66,88H,19-20,27,30-38,41-42,44-46H2,1-9H3,(H2,77,90)(H,78,96)(H,79,100)(H,80,94)(H,81,97)(H,82,89)(H,83,91)(H,84,98)(H,85,95)/t47-,48-,57-,58-,59-,60-,66-/m0/s1. The van der Waals surface area contributed by atoms with Gasteiger partial charge in [0.05, 0.1) is 19.1 Å². The summed E-state index contributed by atoms with van der Waals surface area (Å²) in [5.74, 6) is -11.2. The number of benzene rings is 4. The molecule has 104 heavy (non-hydrogen) atoms. The average Bonchev–Trinajstić information content (AvgIpc) is 1.62. The number of carbonyl (C=O) groups excluding carboxylic acids is 12. The molecule has 0 aliphatic rings. The number of ether oxygens (including phenoxy) is 3. The van der Waals surface area contributed by atoms with Crippen LogP contribution in [0.3, 0.4) is 0 Å². The first kappa shape index (κ1) is 84.3. The van der Waals surface area contributed by atoms with Crippen molar-refractivity contribution in [3.05, 3.63) is 155 Å². The van der Waals surface area contributed by atoms with Crippen molar-refractivity contribution in [1.29, 1.82) is 0 Å². The number of aromatic nitrogens is 1. The van der Waals surface area contributed by atoms with Crippen LogP contribution in [0.5, 0.6) is 0 Å². The van der Waals surface area contributed by atoms with Gasteiger partial charge in [-0.3, -0.25) is 47.9 Å². The molecule has 0 saturated heterocycles. The van der Waals surface area contributed by atoms with Gasteiger partial charge >= 0.3 is 18.0 Å². The van der Waals surface area contributed by atoms with Gasteiger partial charge in [0.2, 0.25) is 53.2 Å². The van der Waals surface area contributed by atoms with Crippen LogP contribution in [0.15, 0.2) is 121 Å². The van der Waals surface area contributed by atoms with Gasteiger partial charge in [0, 0.05) is 77.0 Å². The van der Waals surface area contributed by atoms with Gasteiger partial charge in [-0.25, -0.2) is 18.4 Å². The number of esters is 2. The van der Waals surface area contributed by atoms with E-state index in [1.807, 2.05) is 12.1 Å². The van der Waals surface area contributed by atoms with Crippen LogP contribution < -0.4 is 48.3 Å². The van der Waals surface area contributed by atoms with Gasteiger partial charge in [-0.1, -0.05) is 131 Å². The fraction of sp³-hybridized carbons (Fsp3) is 0.459. The minimum absolute atomic E-state index is 0.0510. The van der Waals surface area contributed by atoms with Crippen LogP contribution in [0.4, 0.5) is 13.6 Å². The highest BCUT2D eigenvalue weighted by Crippen LogP contribution is 2.41. The Morgan fingerprint density at radius 3 is 1.76 bits per heavy atom. The summed E-state index contributed by atoms with van der Waals surface area (Å²) < 4.78 is 48.4. The lowest BCUT2D eigenvalue weighted by Crippen LogP contribution is -2.59. The fourth-order valence-corrected chi connectivity index (χ4v) is 11.6. The summed E-state index contributed by atoms with van der Waals surface area (Å²) in [5, 5.41) is 30.9. The number of hydrogen-bond acceptors (Lipinski definition) is 16. The third-order valence-corrected chi connectivity index (χ3v) is 18.1. The van der Waals surface area contributed by atoms with Crippen molar-refractivity contribution in [2.75, 3.05) is 32.8 Å². The molecule has 0 fully saturated rings. The normalized spacial score (nSPS) is 13.3. The molecule has 7 atom stereocenters. The molecule has 0 aliphatic carbocycles. The van der Waals surface area contributed by atoms with Crippen molar-refractivity contribution in [3.8, 4) is 11.1 Å². The number of nitrogens with two attached hydrogens (primary N) is 1. The fourth-order valence-electron chi connectivity index (χ4n) is 10.9. The Kier molecular flexibility index (Phi) is 33.8. The van der Waals surface area contributed by atoms with Gasteiger partial charge in [0.15, 0.2) is 0 Å². The van der Waals surface area contributed by atoms with E-state index < -0.39 is 178 Å². The smallest absolute Gasteiger partial charge is 0.407 e. The molecule has 1 aromatic heterocycles. The molecule has 0 unspecified atom stereocenters. The molecule has 0 saturated carbocycles. The van der Waals surface area contributed by atoms with Gasteiger partial charge in [-0.2, -0.15) is 0 Å². The minimum atomic E-state index is -1.86. The minimum Gasteiger partial charge on any atom is -0.461 e. The molecule has 564 valence electrons. The molecule has 0 aliphatic heterocycles. The highest BCUT2D eigenvalue weighted by Gasteiger charge is 2.39. The van der Waals surface area contributed by atoms with Crippen LogP contribution in [0.25, 0.3) is 11.1 Å². The first-order chi connectivity index (χ1) is 49.2. The molecule has 30 heteroatoms. The van der Waals surface area contributed by atoms with Crippen molar-refractivity contribution >= 4 is 79.3 Å². The lowest BCUT2D eigenvalue weighted by atomic mass is 9.82. The number of carbonyl (C=O) groups is 12. The van der Waals surface area contributed by atoms with Crippen molar-refractivity contribution in [1.82, 2.24) is 52.0 Å². The van der Waals surface area contributed by atoms with Gasteiger partial charge in [0.1, 0.15) is 67.7 Å². The summed E-state index contributed by atoms with van der Waals surface area (Å²) in [6.07, 6.45) is -0.540. The quantitative estimate of drug-likeness (QED) is 0.00980. The number of hydrogen-bond donors (Lipinski definition) is 10. The maximum absolute atomic E-state index is 15.6. The SMILES string of the molecule is CC(=O)N[C@@H](CCCCNC(=O)OCC[Si](C)(C)C)C(=O)N[C@@H](C)C(=O)N[C@@H](C)C(=O)N[C@@H](CC(N)=O)C(=O)N[C@@H](CCN(C(=O)CO)[C@@H](c1cc(-c2cc(F)ccc2F)cn1Cc1ccccc1)C(C)(C)C)C(=O)NCCC(=O)N[C@@H](CCC(=O)OCc1ccccc1)C(=O)OCc1ccccc1. The third kappa shape index (κ3) is 29.5. The zero-order chi connectivity index (χ0) is 76.7. The zero-order valence-electron chi connectivity index (χ0n) is 60.4. The topological polar surface area (TPSA) is 383 Å². The molecule has 0 spiro atoms. The van der Waals surface area contributed by atoms with Gasteiger partial charge in [-0.15, -0.1) is 0 Å². The van der Waals surface area contributed by atoms with Crippen LogP contribution in [-0.2, 0) is 86.7 Å². The van der Waals surface area contributed by atoms with E-state index in [1.54, 1.807) is 116 Å². The summed E-state index contributed by atoms with van der Waals surface area (Å²) in [6, 6.07) is 22.0. The van der Waals surface area contributed by atoms with Crippen LogP contribution in [0, 0.1) is 17.0 Å². The van der Waals surface area contributed by atoms with E-state index in [0.717, 1.165) is 29.8 Å². The van der Waals surface area contributed by atoms with E-state index in [-0.39, 0.29) is 56.7 Å². The Hall–Kier alpha value is -10.4. The molecule has 27 nitrogen and oxygen atoms in total. The first-order valence-corrected chi connectivity index (χ1v) is 38.2. The molecule has 1 heterocycles. The predicted molar refractivity (Wildman–Crippen MR) is 384 cm³/mol. The van der Waals surface area contributed by atoms with E-state index in [2.05, 4.69) is 62.2 Å². The second-order valence-electron chi connectivity index (χ2n) is 27.5. The number of amides is 10. The molecule has 5 rings (SSSR count). The lowest BCUT2D eigenvalue weighted by molar-refractivity contribution is -0.150. The van der Waals surface area contributed by atoms with Gasteiger partial charge in [0.25, 0.3) is 0 Å². The van der Waals surface area contributed by atoms with Gasteiger partial charge in [-0.05, 0) is 98.4 Å². The Labute approximate surface area is 605 Å². The Bertz CT molecular complexity index is 3730. The largest absolute Gasteiger partial charge is 0.461 e. The Morgan fingerprint density at radius 1 is 0.606 bits per heavy atom. The number of nitrogens with one attached hydrogen (secondary N) is 8. The highest BCUT2D eigenvalue weighted by atomic mass is 28.3. The average molecular weight is 1460 g/mol. The molecule has 4 aromatic carbocycles. The molecular formula is C74H99F2N11O16Si. The number of halogens is 2. The summed E-state index contributed by atoms with van der Waals surface area (Å²) in [4.78, 5) is 163. The lowest BCUT2D eigenvalue weighted by Gasteiger charge is -2.41. The number of aliphatic hydroxyl groups excluding tert-OH is 1. The zero-order valence-corrected chi connectivity index (χ0v) is 61.4. The van der Waals surface area contributed by atoms with Crippen LogP contribution in [-0.4, -0.2) is 163 Å². The predicted octanol–water partition coefficient (Wildman–Crippen LogP) is 5.63. The van der Waals surface area contributed by atoms with Crippen molar-refractivity contribution in [3.63, 3.8) is 0 Å². The summed E-state index contributed by atoms with van der Waals surface area (Å²) in [5.41, 5.74) is 7.30. The number of primary amides is 1. The van der Waals surface area contributed by atoms with E-state index >= 15 is 4.39 Å². The second kappa shape index (κ2) is 41.7. The van der Waals surface area contributed by atoms with Crippen molar-refractivity contribution in [2.45, 2.75) is 181 Å². The number of unbranched alkanes of at least 4 members (excludes halogenated alkanes) is 1. The molecule has 10 amide bonds. The molecule has 0 bridgehead atoms. The number of alkyl carbamates (subject to hydrolysis) is 1. The second-order valence-corrected chi connectivity index (χ2v) is 33.1. The molecule has 5 aromatic rings. The van der Waals surface area contributed by atoms with E-state index in [1.165, 1.54) is 25.7 Å². The summed E-state index contributed by atoms with van der Waals surface area (Å²) >= 11 is 0. The number of rotatable bonds is 41. The van der Waals surface area contributed by atoms with Crippen LogP contribution in [0.2, 0.25) is 25.7 Å². The first-order valence-electron chi connectivity index (χ1n) is 34.5. The molecular weight excluding hydrogens is 1360 g/mol. The summed E-state index contributed by atoms with van der Waals surface area (Å²) in [6.45, 7) is 14.0. The van der Waals surface area contributed by atoms with E-state index in [0.29, 0.717) is 36.3 Å².